The van der Waals surface area contributed by atoms with Crippen LogP contribution in [0, 0.1) is 0 Å². The number of anilines is 1. The third kappa shape index (κ3) is 3.29. The molecule has 3 N–H and O–H groups in total. The Kier molecular flexibility index (Phi) is 4.59. The second-order valence-corrected chi connectivity index (χ2v) is 5.00. The van der Waals surface area contributed by atoms with Gasteiger partial charge in [0.25, 0.3) is 0 Å². The number of ether oxygens (including phenoxy) is 1. The number of fused-ring (bicyclic) bond motifs is 1. The standard InChI is InChI=1S/C13H21N7O/c14-1-2-15-12-11-13(17-9-16-12)20(10-18-11)4-3-19-5-7-21-8-6-19/h9-10H,1-8,14H2,(H,15,16,17). The van der Waals surface area contributed by atoms with Gasteiger partial charge in [-0.25, -0.2) is 15.0 Å². The Hall–Kier alpha value is -1.77. The maximum absolute atomic E-state index is 5.51. The molecular weight excluding hydrogens is 270 g/mol. The van der Waals surface area contributed by atoms with Crippen LogP contribution in [0.15, 0.2) is 12.7 Å². The zero-order valence-corrected chi connectivity index (χ0v) is 12.0. The number of nitrogens with two attached hydrogens (primary N) is 1. The van der Waals surface area contributed by atoms with E-state index in [-0.39, 0.29) is 0 Å². The summed E-state index contributed by atoms with van der Waals surface area (Å²) in [5.41, 5.74) is 7.17. The molecule has 1 saturated heterocycles. The van der Waals surface area contributed by atoms with E-state index in [1.54, 1.807) is 6.33 Å². The van der Waals surface area contributed by atoms with Crippen molar-refractivity contribution in [2.45, 2.75) is 6.54 Å². The molecule has 2 aromatic heterocycles. The number of imidazole rings is 1. The summed E-state index contributed by atoms with van der Waals surface area (Å²) in [5, 5.41) is 3.18. The molecule has 114 valence electrons. The Morgan fingerprint density at radius 2 is 2.05 bits per heavy atom. The van der Waals surface area contributed by atoms with Gasteiger partial charge < -0.3 is 20.4 Å². The van der Waals surface area contributed by atoms with E-state index in [0.29, 0.717) is 13.1 Å². The van der Waals surface area contributed by atoms with E-state index in [1.165, 1.54) is 0 Å². The Labute approximate surface area is 123 Å². The van der Waals surface area contributed by atoms with Crippen molar-refractivity contribution in [3.8, 4) is 0 Å². The molecule has 0 saturated carbocycles. The summed E-state index contributed by atoms with van der Waals surface area (Å²) >= 11 is 0. The van der Waals surface area contributed by atoms with E-state index >= 15 is 0 Å². The van der Waals surface area contributed by atoms with Crippen molar-refractivity contribution in [2.24, 2.45) is 5.73 Å². The molecule has 3 rings (SSSR count). The average Bonchev–Trinajstić information content (AvgIpc) is 2.96. The molecule has 0 aromatic carbocycles. The summed E-state index contributed by atoms with van der Waals surface area (Å²) < 4.78 is 7.43. The fourth-order valence-corrected chi connectivity index (χ4v) is 2.44. The van der Waals surface area contributed by atoms with Crippen LogP contribution in [0.4, 0.5) is 5.82 Å². The zero-order chi connectivity index (χ0) is 14.5. The minimum absolute atomic E-state index is 0.559. The quantitative estimate of drug-likeness (QED) is 0.743. The topological polar surface area (TPSA) is 94.1 Å². The third-order valence-electron chi connectivity index (χ3n) is 3.60. The highest BCUT2D eigenvalue weighted by atomic mass is 16.5. The SMILES string of the molecule is NCCNc1ncnc2c1ncn2CCN1CCOCC1. The minimum Gasteiger partial charge on any atom is -0.379 e. The van der Waals surface area contributed by atoms with Crippen molar-refractivity contribution in [1.82, 2.24) is 24.4 Å². The fraction of sp³-hybridized carbons (Fsp3) is 0.615. The molecule has 3 heterocycles. The Morgan fingerprint density at radius 1 is 1.19 bits per heavy atom. The Morgan fingerprint density at radius 3 is 2.86 bits per heavy atom. The van der Waals surface area contributed by atoms with Crippen LogP contribution in [0.25, 0.3) is 11.2 Å². The van der Waals surface area contributed by atoms with Crippen molar-refractivity contribution < 1.29 is 4.74 Å². The Bertz CT molecular complexity index is 579. The Balaban J connectivity index is 1.70. The molecule has 1 aliphatic heterocycles. The second kappa shape index (κ2) is 6.79. The number of rotatable bonds is 6. The van der Waals surface area contributed by atoms with Crippen molar-refractivity contribution in [1.29, 1.82) is 0 Å². The maximum atomic E-state index is 5.51. The zero-order valence-electron chi connectivity index (χ0n) is 12.0. The highest BCUT2D eigenvalue weighted by Gasteiger charge is 2.13. The first kappa shape index (κ1) is 14.2. The first-order valence-electron chi connectivity index (χ1n) is 7.28. The lowest BCUT2D eigenvalue weighted by atomic mass is 10.4. The van der Waals surface area contributed by atoms with Crippen LogP contribution in [-0.4, -0.2) is 70.4 Å². The van der Waals surface area contributed by atoms with E-state index in [1.807, 2.05) is 6.33 Å². The average molecular weight is 291 g/mol. The van der Waals surface area contributed by atoms with Crippen molar-refractivity contribution >= 4 is 17.0 Å². The predicted octanol–water partition coefficient (Wildman–Crippen LogP) is -0.471. The van der Waals surface area contributed by atoms with Crippen molar-refractivity contribution in [3.63, 3.8) is 0 Å². The normalized spacial score (nSPS) is 16.4. The van der Waals surface area contributed by atoms with E-state index < -0.39 is 0 Å². The van der Waals surface area contributed by atoms with Gasteiger partial charge >= 0.3 is 0 Å². The predicted molar refractivity (Wildman–Crippen MR) is 80.1 cm³/mol. The molecule has 1 fully saturated rings. The molecule has 0 aliphatic carbocycles. The van der Waals surface area contributed by atoms with Crippen LogP contribution < -0.4 is 11.1 Å². The summed E-state index contributed by atoms with van der Waals surface area (Å²) in [6.07, 6.45) is 3.39. The summed E-state index contributed by atoms with van der Waals surface area (Å²) in [7, 11) is 0. The van der Waals surface area contributed by atoms with Gasteiger partial charge in [0.1, 0.15) is 11.8 Å². The molecule has 21 heavy (non-hydrogen) atoms. The van der Waals surface area contributed by atoms with Crippen LogP contribution in [-0.2, 0) is 11.3 Å². The van der Waals surface area contributed by atoms with E-state index in [9.17, 15) is 0 Å². The lowest BCUT2D eigenvalue weighted by Crippen LogP contribution is -2.38. The van der Waals surface area contributed by atoms with Gasteiger partial charge in [-0.3, -0.25) is 4.90 Å². The van der Waals surface area contributed by atoms with Crippen molar-refractivity contribution in [3.05, 3.63) is 12.7 Å². The van der Waals surface area contributed by atoms with Gasteiger partial charge in [-0.05, 0) is 0 Å². The maximum Gasteiger partial charge on any atom is 0.165 e. The van der Waals surface area contributed by atoms with Gasteiger partial charge in [-0.2, -0.15) is 0 Å². The molecule has 0 atom stereocenters. The molecule has 0 radical (unpaired) electrons. The molecule has 8 heteroatoms. The number of hydrogen-bond donors (Lipinski definition) is 2. The smallest absolute Gasteiger partial charge is 0.165 e. The van der Waals surface area contributed by atoms with Crippen LogP contribution in [0.3, 0.4) is 0 Å². The van der Waals surface area contributed by atoms with Gasteiger partial charge in [-0.1, -0.05) is 0 Å². The monoisotopic (exact) mass is 291 g/mol. The molecule has 1 aliphatic rings. The molecule has 2 aromatic rings. The first-order valence-corrected chi connectivity index (χ1v) is 7.28. The summed E-state index contributed by atoms with van der Waals surface area (Å²) in [5.74, 6) is 0.746. The number of nitrogens with zero attached hydrogens (tertiary/aromatic N) is 5. The van der Waals surface area contributed by atoms with E-state index in [2.05, 4.69) is 29.7 Å². The number of hydrogen-bond acceptors (Lipinski definition) is 7. The molecule has 0 bridgehead atoms. The number of nitrogens with one attached hydrogen (secondary N) is 1. The number of aromatic nitrogens is 4. The highest BCUT2D eigenvalue weighted by molar-refractivity contribution is 5.82. The first-order chi connectivity index (χ1) is 10.4. The molecule has 0 unspecified atom stereocenters. The summed E-state index contributed by atoms with van der Waals surface area (Å²) in [6, 6.07) is 0. The third-order valence-corrected chi connectivity index (χ3v) is 3.60. The second-order valence-electron chi connectivity index (χ2n) is 5.00. The van der Waals surface area contributed by atoms with Crippen LogP contribution in [0.2, 0.25) is 0 Å². The lowest BCUT2D eigenvalue weighted by Gasteiger charge is -2.26. The minimum atomic E-state index is 0.559. The summed E-state index contributed by atoms with van der Waals surface area (Å²) in [4.78, 5) is 15.4. The van der Waals surface area contributed by atoms with Gasteiger partial charge in [0, 0.05) is 39.3 Å². The van der Waals surface area contributed by atoms with Gasteiger partial charge in [0.05, 0.1) is 19.5 Å². The van der Waals surface area contributed by atoms with Gasteiger partial charge in [-0.15, -0.1) is 0 Å². The van der Waals surface area contributed by atoms with Crippen LogP contribution in [0.1, 0.15) is 0 Å². The van der Waals surface area contributed by atoms with Crippen LogP contribution in [0.5, 0.6) is 0 Å². The lowest BCUT2D eigenvalue weighted by molar-refractivity contribution is 0.0365. The summed E-state index contributed by atoms with van der Waals surface area (Å²) in [6.45, 7) is 6.69. The van der Waals surface area contributed by atoms with E-state index in [0.717, 1.165) is 56.4 Å². The number of morpholine rings is 1. The van der Waals surface area contributed by atoms with Crippen LogP contribution >= 0.6 is 0 Å². The molecule has 0 amide bonds. The largest absolute Gasteiger partial charge is 0.379 e. The molecule has 0 spiro atoms. The van der Waals surface area contributed by atoms with Gasteiger partial charge in [0.2, 0.25) is 0 Å². The fourth-order valence-electron chi connectivity index (χ4n) is 2.44. The highest BCUT2D eigenvalue weighted by Crippen LogP contribution is 2.17. The van der Waals surface area contributed by atoms with Crippen molar-refractivity contribution in [2.75, 3.05) is 51.3 Å². The molecular formula is C13H21N7O. The van der Waals surface area contributed by atoms with Gasteiger partial charge in [0.15, 0.2) is 11.5 Å². The molecule has 8 nitrogen and oxygen atoms in total. The van der Waals surface area contributed by atoms with E-state index in [4.69, 9.17) is 10.5 Å².